The van der Waals surface area contributed by atoms with Gasteiger partial charge in [-0.1, -0.05) is 11.6 Å². The summed E-state index contributed by atoms with van der Waals surface area (Å²) in [6.45, 7) is 3.44. The second-order valence-corrected chi connectivity index (χ2v) is 5.89. The third-order valence-electron chi connectivity index (χ3n) is 3.90. The number of nitrogens with one attached hydrogen (secondary N) is 2. The van der Waals surface area contributed by atoms with Crippen LogP contribution in [0.5, 0.6) is 0 Å². The lowest BCUT2D eigenvalue weighted by Crippen LogP contribution is -3.17. The zero-order chi connectivity index (χ0) is 15.4. The molecule has 0 saturated carbocycles. The fourth-order valence-corrected chi connectivity index (χ4v) is 2.84. The molecular formula is C14H19ClN3O3+. The maximum atomic E-state index is 12.1. The summed E-state index contributed by atoms with van der Waals surface area (Å²) in [4.78, 5) is 23.8. The lowest BCUT2D eigenvalue weighted by molar-refractivity contribution is -0.920. The molecule has 0 aromatic heterocycles. The van der Waals surface area contributed by atoms with Crippen molar-refractivity contribution in [1.82, 2.24) is 0 Å². The Balaban J connectivity index is 2.04. The summed E-state index contributed by atoms with van der Waals surface area (Å²) in [6, 6.07) is 4.69. The first-order valence-corrected chi connectivity index (χ1v) is 7.43. The largest absolute Gasteiger partial charge is 0.325 e. The standard InChI is InChI=1S/C14H18ClN3O3/c1-10-4-2-3-7-17(10)9-14(19)16-12-6-5-11(15)8-13(12)18(20)21/h5-6,8,10H,2-4,7,9H2,1H3,(H,16,19)/p+1/t10-/m0/s1. The quantitative estimate of drug-likeness (QED) is 0.655. The van der Waals surface area contributed by atoms with Crippen LogP contribution in [-0.4, -0.2) is 30.0 Å². The van der Waals surface area contributed by atoms with Crippen molar-refractivity contribution in [3.8, 4) is 0 Å². The van der Waals surface area contributed by atoms with E-state index in [9.17, 15) is 14.9 Å². The number of carbonyl (C=O) groups excluding carboxylic acids is 1. The van der Waals surface area contributed by atoms with E-state index >= 15 is 0 Å². The van der Waals surface area contributed by atoms with Gasteiger partial charge in [-0.3, -0.25) is 14.9 Å². The molecule has 1 aromatic rings. The number of anilines is 1. The fraction of sp³-hybridized carbons (Fsp3) is 0.500. The van der Waals surface area contributed by atoms with Gasteiger partial charge in [-0.15, -0.1) is 0 Å². The summed E-state index contributed by atoms with van der Waals surface area (Å²) in [5.41, 5.74) is 0.0102. The number of halogens is 1. The smallest absolute Gasteiger partial charge is 0.294 e. The van der Waals surface area contributed by atoms with Crippen LogP contribution in [0.25, 0.3) is 0 Å². The van der Waals surface area contributed by atoms with Gasteiger partial charge in [0.1, 0.15) is 5.69 Å². The van der Waals surface area contributed by atoms with E-state index in [1.54, 1.807) is 0 Å². The molecule has 2 rings (SSSR count). The molecule has 0 aliphatic carbocycles. The summed E-state index contributed by atoms with van der Waals surface area (Å²) >= 11 is 5.75. The summed E-state index contributed by atoms with van der Waals surface area (Å²) in [5.74, 6) is -0.204. The predicted molar refractivity (Wildman–Crippen MR) is 80.7 cm³/mol. The van der Waals surface area contributed by atoms with Gasteiger partial charge in [0, 0.05) is 11.1 Å². The zero-order valence-corrected chi connectivity index (χ0v) is 12.7. The number of benzene rings is 1. The van der Waals surface area contributed by atoms with Crippen molar-refractivity contribution in [1.29, 1.82) is 0 Å². The van der Waals surface area contributed by atoms with Gasteiger partial charge in [0.25, 0.3) is 11.6 Å². The van der Waals surface area contributed by atoms with Crippen LogP contribution in [-0.2, 0) is 4.79 Å². The molecular weight excluding hydrogens is 294 g/mol. The van der Waals surface area contributed by atoms with Crippen LogP contribution in [0, 0.1) is 10.1 Å². The number of rotatable bonds is 4. The van der Waals surface area contributed by atoms with Crippen LogP contribution in [0.1, 0.15) is 26.2 Å². The molecule has 1 unspecified atom stereocenters. The van der Waals surface area contributed by atoms with E-state index < -0.39 is 4.92 Å². The highest BCUT2D eigenvalue weighted by Crippen LogP contribution is 2.27. The number of hydrogen-bond donors (Lipinski definition) is 2. The van der Waals surface area contributed by atoms with Gasteiger partial charge in [0.2, 0.25) is 0 Å². The first kappa shape index (κ1) is 15.7. The number of nitro groups is 1. The van der Waals surface area contributed by atoms with Crippen molar-refractivity contribution in [2.75, 3.05) is 18.4 Å². The Morgan fingerprint density at radius 3 is 2.95 bits per heavy atom. The molecule has 114 valence electrons. The highest BCUT2D eigenvalue weighted by Gasteiger charge is 2.25. The fourth-order valence-electron chi connectivity index (χ4n) is 2.68. The van der Waals surface area contributed by atoms with E-state index in [4.69, 9.17) is 11.6 Å². The van der Waals surface area contributed by atoms with Gasteiger partial charge in [-0.05, 0) is 38.3 Å². The Morgan fingerprint density at radius 2 is 2.29 bits per heavy atom. The second-order valence-electron chi connectivity index (χ2n) is 5.45. The minimum absolute atomic E-state index is 0.183. The van der Waals surface area contributed by atoms with Crippen LogP contribution >= 0.6 is 11.6 Å². The number of nitro benzene ring substituents is 1. The van der Waals surface area contributed by atoms with Gasteiger partial charge in [-0.2, -0.15) is 0 Å². The monoisotopic (exact) mass is 312 g/mol. The highest BCUT2D eigenvalue weighted by molar-refractivity contribution is 6.31. The lowest BCUT2D eigenvalue weighted by atomic mass is 10.0. The van der Waals surface area contributed by atoms with Gasteiger partial charge < -0.3 is 10.2 Å². The molecule has 2 N–H and O–H groups in total. The number of carbonyl (C=O) groups is 1. The third-order valence-corrected chi connectivity index (χ3v) is 4.14. The maximum Gasteiger partial charge on any atom is 0.294 e. The van der Waals surface area contributed by atoms with Crippen LogP contribution in [0.3, 0.4) is 0 Å². The van der Waals surface area contributed by atoms with Crippen molar-refractivity contribution in [2.24, 2.45) is 0 Å². The molecule has 1 aliphatic heterocycles. The van der Waals surface area contributed by atoms with E-state index in [1.807, 2.05) is 0 Å². The topological polar surface area (TPSA) is 76.7 Å². The van der Waals surface area contributed by atoms with E-state index in [2.05, 4.69) is 12.2 Å². The molecule has 0 bridgehead atoms. The highest BCUT2D eigenvalue weighted by atomic mass is 35.5. The molecule has 1 heterocycles. The normalized spacial score (nSPS) is 21.8. The minimum Gasteiger partial charge on any atom is -0.325 e. The van der Waals surface area contributed by atoms with Crippen LogP contribution < -0.4 is 10.2 Å². The number of likely N-dealkylation sites (tertiary alicyclic amines) is 1. The van der Waals surface area contributed by atoms with Crippen LogP contribution in [0.4, 0.5) is 11.4 Å². The van der Waals surface area contributed by atoms with Crippen molar-refractivity contribution < 1.29 is 14.6 Å². The molecule has 1 saturated heterocycles. The average molecular weight is 313 g/mol. The van der Waals surface area contributed by atoms with E-state index in [0.29, 0.717) is 12.6 Å². The Labute approximate surface area is 128 Å². The lowest BCUT2D eigenvalue weighted by Gasteiger charge is -2.29. The maximum absolute atomic E-state index is 12.1. The summed E-state index contributed by atoms with van der Waals surface area (Å²) < 4.78 is 0. The van der Waals surface area contributed by atoms with Gasteiger partial charge in [-0.25, -0.2) is 0 Å². The van der Waals surface area contributed by atoms with Crippen molar-refractivity contribution in [3.05, 3.63) is 33.3 Å². The molecule has 21 heavy (non-hydrogen) atoms. The minimum atomic E-state index is -0.544. The first-order valence-electron chi connectivity index (χ1n) is 7.05. The molecule has 6 nitrogen and oxygen atoms in total. The average Bonchev–Trinajstić information content (AvgIpc) is 2.43. The summed E-state index contributed by atoms with van der Waals surface area (Å²) in [7, 11) is 0. The summed E-state index contributed by atoms with van der Waals surface area (Å²) in [5, 5.41) is 13.9. The Kier molecular flexibility index (Phi) is 5.14. The van der Waals surface area contributed by atoms with Gasteiger partial charge in [0.15, 0.2) is 6.54 Å². The van der Waals surface area contributed by atoms with Gasteiger partial charge >= 0.3 is 0 Å². The molecule has 0 spiro atoms. The molecule has 1 aromatic carbocycles. The van der Waals surface area contributed by atoms with Crippen molar-refractivity contribution >= 4 is 28.9 Å². The SMILES string of the molecule is C[C@H]1CCCC[NH+]1CC(=O)Nc1ccc(Cl)cc1[N+](=O)[O-]. The summed E-state index contributed by atoms with van der Waals surface area (Å²) in [6.07, 6.45) is 3.44. The number of hydrogen-bond acceptors (Lipinski definition) is 3. The predicted octanol–water partition coefficient (Wildman–Crippen LogP) is 1.64. The molecule has 1 amide bonds. The molecule has 1 aliphatic rings. The van der Waals surface area contributed by atoms with E-state index in [0.717, 1.165) is 19.4 Å². The number of nitrogens with zero attached hydrogens (tertiary/aromatic N) is 1. The Bertz CT molecular complexity index is 550. The van der Waals surface area contributed by atoms with Crippen LogP contribution in [0.2, 0.25) is 5.02 Å². The zero-order valence-electron chi connectivity index (χ0n) is 11.9. The van der Waals surface area contributed by atoms with Crippen molar-refractivity contribution in [3.63, 3.8) is 0 Å². The Hall–Kier alpha value is -1.66. The van der Waals surface area contributed by atoms with Crippen molar-refractivity contribution in [2.45, 2.75) is 32.2 Å². The molecule has 1 fully saturated rings. The molecule has 7 heteroatoms. The third kappa shape index (κ3) is 4.15. The second kappa shape index (κ2) is 6.87. The van der Waals surface area contributed by atoms with Gasteiger partial charge in [0.05, 0.1) is 17.5 Å². The van der Waals surface area contributed by atoms with Crippen LogP contribution in [0.15, 0.2) is 18.2 Å². The molecule has 2 atom stereocenters. The first-order chi connectivity index (χ1) is 9.97. The number of piperidine rings is 1. The Morgan fingerprint density at radius 1 is 1.52 bits per heavy atom. The van der Waals surface area contributed by atoms with E-state index in [1.165, 1.54) is 29.5 Å². The number of amides is 1. The van der Waals surface area contributed by atoms with E-state index in [-0.39, 0.29) is 22.3 Å². The number of quaternary nitrogens is 1. The molecule has 0 radical (unpaired) electrons.